The number of hydrogen-bond donors (Lipinski definition) is 0. The van der Waals surface area contributed by atoms with Crippen molar-refractivity contribution in [2.24, 2.45) is 0 Å². The van der Waals surface area contributed by atoms with Gasteiger partial charge in [0.1, 0.15) is 5.82 Å². The van der Waals surface area contributed by atoms with Gasteiger partial charge in [-0.1, -0.05) is 61.7 Å². The average Bonchev–Trinajstić information content (AvgIpc) is 2.32. The Morgan fingerprint density at radius 1 is 1.06 bits per heavy atom. The van der Waals surface area contributed by atoms with Gasteiger partial charge in [0.25, 0.3) is 0 Å². The lowest BCUT2D eigenvalue weighted by Gasteiger charge is -2.13. The summed E-state index contributed by atoms with van der Waals surface area (Å²) in [6.07, 6.45) is 0. The number of aryl methyl sites for hydroxylation is 1. The highest BCUT2D eigenvalue weighted by molar-refractivity contribution is 9.11. The third-order valence-corrected chi connectivity index (χ3v) is 4.33. The summed E-state index contributed by atoms with van der Waals surface area (Å²) in [5, 5.41) is 0. The van der Waals surface area contributed by atoms with Gasteiger partial charge >= 0.3 is 0 Å². The molecule has 1 unspecified atom stereocenters. The van der Waals surface area contributed by atoms with E-state index in [1.165, 1.54) is 17.7 Å². The van der Waals surface area contributed by atoms with Crippen LogP contribution < -0.4 is 0 Å². The van der Waals surface area contributed by atoms with Gasteiger partial charge in [-0.2, -0.15) is 0 Å². The van der Waals surface area contributed by atoms with Crippen LogP contribution in [0, 0.1) is 12.7 Å². The summed E-state index contributed by atoms with van der Waals surface area (Å²) in [5.41, 5.74) is 3.39. The zero-order valence-electron chi connectivity index (χ0n) is 9.25. The van der Waals surface area contributed by atoms with E-state index in [-0.39, 0.29) is 10.6 Å². The van der Waals surface area contributed by atoms with E-state index in [1.54, 1.807) is 12.1 Å². The lowest BCUT2D eigenvalue weighted by Crippen LogP contribution is -1.95. The second-order valence-electron chi connectivity index (χ2n) is 3.94. The van der Waals surface area contributed by atoms with Crippen LogP contribution in [0.15, 0.2) is 46.9 Å². The fraction of sp³-hybridized carbons (Fsp3) is 0.143. The van der Waals surface area contributed by atoms with Crippen molar-refractivity contribution in [3.63, 3.8) is 0 Å². The molecule has 0 saturated heterocycles. The van der Waals surface area contributed by atoms with Crippen molar-refractivity contribution < 1.29 is 4.39 Å². The Bertz CT molecular complexity index is 520. The highest BCUT2D eigenvalue weighted by Gasteiger charge is 2.13. The van der Waals surface area contributed by atoms with E-state index < -0.39 is 0 Å². The van der Waals surface area contributed by atoms with Crippen LogP contribution in [0.1, 0.15) is 21.5 Å². The molecule has 3 heteroatoms. The standard InChI is InChI=1S/C14H11Br2F/c1-9-2-7-13(15)12(8-9)14(16)10-3-5-11(17)6-4-10/h2-8,14H,1H3. The zero-order chi connectivity index (χ0) is 12.4. The topological polar surface area (TPSA) is 0 Å². The van der Waals surface area contributed by atoms with Gasteiger partial charge < -0.3 is 0 Å². The molecule has 2 aromatic rings. The van der Waals surface area contributed by atoms with Crippen molar-refractivity contribution >= 4 is 31.9 Å². The summed E-state index contributed by atoms with van der Waals surface area (Å²) in [7, 11) is 0. The molecule has 0 saturated carbocycles. The van der Waals surface area contributed by atoms with Crippen molar-refractivity contribution in [1.29, 1.82) is 0 Å². The van der Waals surface area contributed by atoms with E-state index >= 15 is 0 Å². The maximum absolute atomic E-state index is 12.9. The molecule has 88 valence electrons. The Kier molecular flexibility index (Phi) is 4.00. The highest BCUT2D eigenvalue weighted by atomic mass is 79.9. The molecule has 0 heterocycles. The van der Waals surface area contributed by atoms with E-state index in [0.29, 0.717) is 0 Å². The van der Waals surface area contributed by atoms with Crippen LogP contribution >= 0.6 is 31.9 Å². The van der Waals surface area contributed by atoms with Crippen LogP contribution in [-0.4, -0.2) is 0 Å². The summed E-state index contributed by atoms with van der Waals surface area (Å²) in [6, 6.07) is 12.8. The van der Waals surface area contributed by atoms with Crippen LogP contribution in [0.2, 0.25) is 0 Å². The van der Waals surface area contributed by atoms with Crippen molar-refractivity contribution in [1.82, 2.24) is 0 Å². The SMILES string of the molecule is Cc1ccc(Br)c(C(Br)c2ccc(F)cc2)c1. The van der Waals surface area contributed by atoms with E-state index in [1.807, 2.05) is 6.07 Å². The normalized spacial score (nSPS) is 12.5. The second-order valence-corrected chi connectivity index (χ2v) is 5.71. The van der Waals surface area contributed by atoms with E-state index in [0.717, 1.165) is 15.6 Å². The van der Waals surface area contributed by atoms with Crippen molar-refractivity contribution in [3.8, 4) is 0 Å². The molecule has 0 N–H and O–H groups in total. The minimum atomic E-state index is -0.211. The molecule has 0 aliphatic rings. The third kappa shape index (κ3) is 2.96. The molecular weight excluding hydrogens is 347 g/mol. The largest absolute Gasteiger partial charge is 0.207 e. The van der Waals surface area contributed by atoms with E-state index in [4.69, 9.17) is 0 Å². The van der Waals surface area contributed by atoms with Crippen LogP contribution in [0.5, 0.6) is 0 Å². The number of halogens is 3. The minimum Gasteiger partial charge on any atom is -0.207 e. The quantitative estimate of drug-likeness (QED) is 0.633. The summed E-state index contributed by atoms with van der Waals surface area (Å²) < 4.78 is 13.9. The maximum Gasteiger partial charge on any atom is 0.123 e. The van der Waals surface area contributed by atoms with E-state index in [9.17, 15) is 4.39 Å². The molecule has 0 nitrogen and oxygen atoms in total. The van der Waals surface area contributed by atoms with Gasteiger partial charge in [0.2, 0.25) is 0 Å². The molecule has 17 heavy (non-hydrogen) atoms. The molecule has 0 aromatic heterocycles. The molecule has 2 rings (SSSR count). The fourth-order valence-electron chi connectivity index (χ4n) is 1.67. The zero-order valence-corrected chi connectivity index (χ0v) is 12.4. The summed E-state index contributed by atoms with van der Waals surface area (Å²) in [4.78, 5) is 0.0670. The van der Waals surface area contributed by atoms with Gasteiger partial charge in [-0.05, 0) is 36.2 Å². The molecular formula is C14H11Br2F. The second kappa shape index (κ2) is 5.32. The molecule has 0 spiro atoms. The van der Waals surface area contributed by atoms with Crippen LogP contribution in [-0.2, 0) is 0 Å². The van der Waals surface area contributed by atoms with Gasteiger partial charge in [-0.3, -0.25) is 0 Å². The van der Waals surface area contributed by atoms with Crippen molar-refractivity contribution in [3.05, 3.63) is 69.4 Å². The Morgan fingerprint density at radius 2 is 1.71 bits per heavy atom. The van der Waals surface area contributed by atoms with Crippen LogP contribution in [0.25, 0.3) is 0 Å². The Hall–Kier alpha value is -0.670. The Balaban J connectivity index is 2.39. The summed E-state index contributed by atoms with van der Waals surface area (Å²) in [6.45, 7) is 2.06. The van der Waals surface area contributed by atoms with Crippen molar-refractivity contribution in [2.75, 3.05) is 0 Å². The minimum absolute atomic E-state index is 0.0670. The smallest absolute Gasteiger partial charge is 0.123 e. The van der Waals surface area contributed by atoms with Crippen LogP contribution in [0.4, 0.5) is 4.39 Å². The maximum atomic E-state index is 12.9. The number of hydrogen-bond acceptors (Lipinski definition) is 0. The first kappa shape index (κ1) is 12.8. The van der Waals surface area contributed by atoms with Gasteiger partial charge in [-0.25, -0.2) is 4.39 Å². The summed E-state index contributed by atoms with van der Waals surface area (Å²) >= 11 is 7.19. The summed E-state index contributed by atoms with van der Waals surface area (Å²) in [5.74, 6) is -0.211. The van der Waals surface area contributed by atoms with Crippen LogP contribution in [0.3, 0.4) is 0 Å². The number of rotatable bonds is 2. The predicted molar refractivity (Wildman–Crippen MR) is 76.0 cm³/mol. The molecule has 0 fully saturated rings. The lowest BCUT2D eigenvalue weighted by molar-refractivity contribution is 0.627. The first-order chi connectivity index (χ1) is 8.08. The van der Waals surface area contributed by atoms with Crippen molar-refractivity contribution in [2.45, 2.75) is 11.8 Å². The molecule has 0 aliphatic carbocycles. The van der Waals surface area contributed by atoms with Gasteiger partial charge in [0.15, 0.2) is 0 Å². The molecule has 0 bridgehead atoms. The van der Waals surface area contributed by atoms with Gasteiger partial charge in [0, 0.05) is 4.47 Å². The third-order valence-electron chi connectivity index (χ3n) is 2.59. The van der Waals surface area contributed by atoms with Gasteiger partial charge in [-0.15, -0.1) is 0 Å². The first-order valence-corrected chi connectivity index (χ1v) is 6.94. The predicted octanol–water partition coefficient (Wildman–Crippen LogP) is 5.38. The van der Waals surface area contributed by atoms with E-state index in [2.05, 4.69) is 50.9 Å². The molecule has 2 aromatic carbocycles. The molecule has 0 aliphatic heterocycles. The monoisotopic (exact) mass is 356 g/mol. The average molecular weight is 358 g/mol. The Labute approximate surface area is 117 Å². The molecule has 0 radical (unpaired) electrons. The Morgan fingerprint density at radius 3 is 2.35 bits per heavy atom. The number of alkyl halides is 1. The first-order valence-electron chi connectivity index (χ1n) is 5.23. The number of benzene rings is 2. The molecule has 0 amide bonds. The highest BCUT2D eigenvalue weighted by Crippen LogP contribution is 2.35. The lowest BCUT2D eigenvalue weighted by atomic mass is 10.0. The molecule has 1 atom stereocenters. The fourth-order valence-corrected chi connectivity index (χ4v) is 3.14. The van der Waals surface area contributed by atoms with Gasteiger partial charge in [0.05, 0.1) is 4.83 Å².